The molecule has 0 atom stereocenters. The first-order valence-electron chi connectivity index (χ1n) is 4.85. The van der Waals surface area contributed by atoms with Gasteiger partial charge in [0.05, 0.1) is 5.39 Å². The Bertz CT molecular complexity index is 708. The van der Waals surface area contributed by atoms with Crippen molar-refractivity contribution < 1.29 is 9.90 Å². The monoisotopic (exact) mass is 215 g/mol. The molecule has 0 saturated heterocycles. The molecule has 3 rings (SSSR count). The number of carboxylic acid groups (broad SMARTS) is 1. The molecule has 0 spiro atoms. The highest BCUT2D eigenvalue weighted by atomic mass is 16.4. The van der Waals surface area contributed by atoms with Crippen molar-refractivity contribution in [2.45, 2.75) is 0 Å². The molecule has 0 amide bonds. The van der Waals surface area contributed by atoms with Crippen molar-refractivity contribution >= 4 is 27.9 Å². The molecule has 0 aliphatic rings. The summed E-state index contributed by atoms with van der Waals surface area (Å²) in [5.41, 5.74) is 1.75. The smallest absolute Gasteiger partial charge is 0.357 e. The summed E-state index contributed by atoms with van der Waals surface area (Å²) in [6.45, 7) is 0. The van der Waals surface area contributed by atoms with E-state index in [1.807, 2.05) is 24.3 Å². The fourth-order valence-corrected chi connectivity index (χ4v) is 2.01. The molecular formula is C11H9N3O2. The number of nitrogens with zero attached hydrogens (tertiary/aromatic N) is 2. The minimum atomic E-state index is -1.00. The fourth-order valence-electron chi connectivity index (χ4n) is 2.01. The number of aromatic amines is 1. The van der Waals surface area contributed by atoms with Crippen molar-refractivity contribution in [3.05, 3.63) is 30.0 Å². The van der Waals surface area contributed by atoms with E-state index < -0.39 is 5.97 Å². The summed E-state index contributed by atoms with van der Waals surface area (Å²) in [5, 5.41) is 14.6. The van der Waals surface area contributed by atoms with Crippen molar-refractivity contribution in [3.63, 3.8) is 0 Å². The minimum Gasteiger partial charge on any atom is -0.476 e. The SMILES string of the molecule is Cn1nc(C(=O)O)c2c3ccccc3[nH]c21. The molecule has 2 aromatic heterocycles. The Morgan fingerprint density at radius 3 is 2.94 bits per heavy atom. The highest BCUT2D eigenvalue weighted by Gasteiger charge is 2.18. The summed E-state index contributed by atoms with van der Waals surface area (Å²) in [5.74, 6) is -1.00. The average molecular weight is 215 g/mol. The van der Waals surface area contributed by atoms with Gasteiger partial charge in [-0.25, -0.2) is 4.79 Å². The van der Waals surface area contributed by atoms with Crippen molar-refractivity contribution in [3.8, 4) is 0 Å². The van der Waals surface area contributed by atoms with Gasteiger partial charge in [0.1, 0.15) is 5.65 Å². The molecule has 80 valence electrons. The number of aromatic carboxylic acids is 1. The molecule has 0 aliphatic carbocycles. The zero-order valence-corrected chi connectivity index (χ0v) is 8.56. The minimum absolute atomic E-state index is 0.0925. The number of carbonyl (C=O) groups is 1. The standard InChI is InChI=1S/C11H9N3O2/c1-14-10-8(9(13-14)11(15)16)6-4-2-3-5-7(6)12-10/h2-5,12H,1H3,(H,15,16). The third kappa shape index (κ3) is 0.995. The first-order chi connectivity index (χ1) is 7.68. The van der Waals surface area contributed by atoms with Gasteiger partial charge in [0, 0.05) is 18.0 Å². The number of aromatic nitrogens is 3. The van der Waals surface area contributed by atoms with Gasteiger partial charge in [-0.15, -0.1) is 0 Å². The number of hydrogen-bond acceptors (Lipinski definition) is 2. The first kappa shape index (κ1) is 8.96. The molecule has 2 heterocycles. The third-order valence-corrected chi connectivity index (χ3v) is 2.70. The summed E-state index contributed by atoms with van der Waals surface area (Å²) in [7, 11) is 1.73. The van der Waals surface area contributed by atoms with Gasteiger partial charge >= 0.3 is 5.97 Å². The lowest BCUT2D eigenvalue weighted by atomic mass is 10.2. The first-order valence-corrected chi connectivity index (χ1v) is 4.85. The van der Waals surface area contributed by atoms with Crippen LogP contribution in [0, 0.1) is 0 Å². The molecule has 5 nitrogen and oxygen atoms in total. The summed E-state index contributed by atoms with van der Waals surface area (Å²) in [6, 6.07) is 7.60. The Morgan fingerprint density at radius 1 is 1.44 bits per heavy atom. The highest BCUT2D eigenvalue weighted by molar-refractivity contribution is 6.14. The van der Waals surface area contributed by atoms with Gasteiger partial charge in [-0.3, -0.25) is 4.68 Å². The van der Waals surface area contributed by atoms with Gasteiger partial charge in [0.15, 0.2) is 5.69 Å². The predicted octanol–water partition coefficient (Wildman–Crippen LogP) is 1.75. The number of nitrogens with one attached hydrogen (secondary N) is 1. The Labute approximate surface area is 90.3 Å². The summed E-state index contributed by atoms with van der Waals surface area (Å²) in [6.07, 6.45) is 0. The van der Waals surface area contributed by atoms with Crippen molar-refractivity contribution in [2.75, 3.05) is 0 Å². The van der Waals surface area contributed by atoms with Crippen LogP contribution in [0.3, 0.4) is 0 Å². The van der Waals surface area contributed by atoms with Crippen LogP contribution in [0.15, 0.2) is 24.3 Å². The number of H-pyrrole nitrogens is 1. The van der Waals surface area contributed by atoms with Gasteiger partial charge in [-0.05, 0) is 6.07 Å². The second kappa shape index (κ2) is 2.85. The van der Waals surface area contributed by atoms with Gasteiger partial charge < -0.3 is 10.1 Å². The molecular weight excluding hydrogens is 206 g/mol. The second-order valence-electron chi connectivity index (χ2n) is 3.67. The molecule has 16 heavy (non-hydrogen) atoms. The molecule has 0 aliphatic heterocycles. The summed E-state index contributed by atoms with van der Waals surface area (Å²) in [4.78, 5) is 14.2. The van der Waals surface area contributed by atoms with Crippen molar-refractivity contribution in [1.29, 1.82) is 0 Å². The second-order valence-corrected chi connectivity index (χ2v) is 3.67. The number of benzene rings is 1. The van der Waals surface area contributed by atoms with Gasteiger partial charge in [0.25, 0.3) is 0 Å². The number of aryl methyl sites for hydroxylation is 1. The van der Waals surface area contributed by atoms with E-state index >= 15 is 0 Å². The van der Waals surface area contributed by atoms with E-state index in [1.54, 1.807) is 11.7 Å². The summed E-state index contributed by atoms with van der Waals surface area (Å²) < 4.78 is 1.55. The lowest BCUT2D eigenvalue weighted by molar-refractivity contribution is 0.0691. The van der Waals surface area contributed by atoms with Crippen molar-refractivity contribution in [1.82, 2.24) is 14.8 Å². The quantitative estimate of drug-likeness (QED) is 0.649. The highest BCUT2D eigenvalue weighted by Crippen LogP contribution is 2.27. The van der Waals surface area contributed by atoms with Crippen LogP contribution in [0.1, 0.15) is 10.5 Å². The number of fused-ring (bicyclic) bond motifs is 3. The molecule has 1 aromatic carbocycles. The van der Waals surface area contributed by atoms with E-state index in [1.165, 1.54) is 0 Å². The zero-order valence-electron chi connectivity index (χ0n) is 8.56. The van der Waals surface area contributed by atoms with Gasteiger partial charge in [0.2, 0.25) is 0 Å². The maximum Gasteiger partial charge on any atom is 0.357 e. The lowest BCUT2D eigenvalue weighted by Gasteiger charge is -1.90. The van der Waals surface area contributed by atoms with Crippen LogP contribution in [0.25, 0.3) is 21.9 Å². The summed E-state index contributed by atoms with van der Waals surface area (Å²) >= 11 is 0. The molecule has 2 N–H and O–H groups in total. The fraction of sp³-hybridized carbons (Fsp3) is 0.0909. The van der Waals surface area contributed by atoms with E-state index in [4.69, 9.17) is 5.11 Å². The maximum absolute atomic E-state index is 11.1. The van der Waals surface area contributed by atoms with Crippen LogP contribution in [0.5, 0.6) is 0 Å². The Hall–Kier alpha value is -2.30. The zero-order chi connectivity index (χ0) is 11.3. The molecule has 3 aromatic rings. The van der Waals surface area contributed by atoms with E-state index in [9.17, 15) is 4.79 Å². The van der Waals surface area contributed by atoms with Crippen LogP contribution in [-0.4, -0.2) is 25.8 Å². The van der Waals surface area contributed by atoms with Gasteiger partial charge in [-0.2, -0.15) is 5.10 Å². The molecule has 0 bridgehead atoms. The molecule has 0 radical (unpaired) electrons. The molecule has 0 saturated carbocycles. The number of carboxylic acids is 1. The third-order valence-electron chi connectivity index (χ3n) is 2.70. The van der Waals surface area contributed by atoms with E-state index in [0.29, 0.717) is 5.39 Å². The van der Waals surface area contributed by atoms with E-state index in [-0.39, 0.29) is 5.69 Å². The van der Waals surface area contributed by atoms with Gasteiger partial charge in [-0.1, -0.05) is 18.2 Å². The Kier molecular flexibility index (Phi) is 1.60. The molecule has 5 heteroatoms. The average Bonchev–Trinajstić information content (AvgIpc) is 2.77. The van der Waals surface area contributed by atoms with Crippen LogP contribution in [0.2, 0.25) is 0 Å². The number of hydrogen-bond donors (Lipinski definition) is 2. The molecule has 0 fully saturated rings. The molecule has 0 unspecified atom stereocenters. The largest absolute Gasteiger partial charge is 0.476 e. The lowest BCUT2D eigenvalue weighted by Crippen LogP contribution is -1.99. The predicted molar refractivity (Wildman–Crippen MR) is 59.5 cm³/mol. The number of para-hydroxylation sites is 1. The van der Waals surface area contributed by atoms with Crippen LogP contribution >= 0.6 is 0 Å². The normalized spacial score (nSPS) is 11.3. The Balaban J connectivity index is 2.58. The Morgan fingerprint density at radius 2 is 2.19 bits per heavy atom. The number of rotatable bonds is 1. The van der Waals surface area contributed by atoms with Crippen molar-refractivity contribution in [2.24, 2.45) is 7.05 Å². The van der Waals surface area contributed by atoms with Crippen LogP contribution < -0.4 is 0 Å². The van der Waals surface area contributed by atoms with E-state index in [2.05, 4.69) is 10.1 Å². The maximum atomic E-state index is 11.1. The van der Waals surface area contributed by atoms with Crippen LogP contribution in [-0.2, 0) is 7.05 Å². The van der Waals surface area contributed by atoms with Crippen LogP contribution in [0.4, 0.5) is 0 Å². The van der Waals surface area contributed by atoms with E-state index in [0.717, 1.165) is 16.6 Å². The topological polar surface area (TPSA) is 70.9 Å².